The smallest absolute Gasteiger partial charge is 0.333 e. The van der Waals surface area contributed by atoms with E-state index in [1.165, 1.54) is 4.68 Å². The number of nitro groups is 1. The summed E-state index contributed by atoms with van der Waals surface area (Å²) in [6, 6.07) is 0. The zero-order valence-corrected chi connectivity index (χ0v) is 9.28. The fourth-order valence-electron chi connectivity index (χ4n) is 1.44. The molecule has 0 amide bonds. The van der Waals surface area contributed by atoms with Crippen LogP contribution in [0.5, 0.6) is 0 Å². The molecule has 0 aromatic carbocycles. The summed E-state index contributed by atoms with van der Waals surface area (Å²) in [5, 5.41) is 18.0. The van der Waals surface area contributed by atoms with Gasteiger partial charge in [0.15, 0.2) is 0 Å². The molecule has 1 aromatic heterocycles. The highest BCUT2D eigenvalue weighted by Gasteiger charge is 2.24. The summed E-state index contributed by atoms with van der Waals surface area (Å²) in [5.74, 6) is 0.499. The van der Waals surface area contributed by atoms with Crippen molar-refractivity contribution in [3.8, 4) is 0 Å². The first-order valence-corrected chi connectivity index (χ1v) is 5.05. The number of anilines is 1. The molecule has 1 N–H and O–H groups in total. The topological polar surface area (TPSA) is 73.0 Å². The molecule has 0 atom stereocenters. The maximum Gasteiger partial charge on any atom is 0.333 e. The first-order chi connectivity index (χ1) is 7.11. The highest BCUT2D eigenvalue weighted by atomic mass is 16.6. The van der Waals surface area contributed by atoms with E-state index in [2.05, 4.69) is 10.4 Å². The van der Waals surface area contributed by atoms with Crippen molar-refractivity contribution in [2.45, 2.75) is 26.7 Å². The number of aromatic nitrogens is 2. The van der Waals surface area contributed by atoms with E-state index in [1.54, 1.807) is 7.05 Å². The predicted molar refractivity (Wildman–Crippen MR) is 58.0 cm³/mol. The molecule has 0 unspecified atom stereocenters. The molecule has 0 radical (unpaired) electrons. The zero-order chi connectivity index (χ0) is 11.4. The first-order valence-electron chi connectivity index (χ1n) is 5.05. The van der Waals surface area contributed by atoms with Gasteiger partial charge in [-0.3, -0.25) is 10.1 Å². The molecular weight excluding hydrogens is 196 g/mol. The van der Waals surface area contributed by atoms with Crippen LogP contribution in [-0.4, -0.2) is 21.2 Å². The molecule has 0 fully saturated rings. The summed E-state index contributed by atoms with van der Waals surface area (Å²) in [7, 11) is 1.71. The Bertz CT molecular complexity index is 359. The van der Waals surface area contributed by atoms with Gasteiger partial charge in [0.2, 0.25) is 5.82 Å². The van der Waals surface area contributed by atoms with Gasteiger partial charge in [-0.05, 0) is 12.8 Å². The minimum atomic E-state index is -0.371. The molecule has 0 aliphatic carbocycles. The largest absolute Gasteiger partial charge is 0.365 e. The molecule has 6 nitrogen and oxygen atoms in total. The fourth-order valence-corrected chi connectivity index (χ4v) is 1.44. The van der Waals surface area contributed by atoms with E-state index in [9.17, 15) is 10.1 Å². The maximum absolute atomic E-state index is 10.9. The third-order valence-electron chi connectivity index (χ3n) is 2.15. The van der Waals surface area contributed by atoms with Crippen molar-refractivity contribution >= 4 is 11.5 Å². The predicted octanol–water partition coefficient (Wildman–Crippen LogP) is 1.71. The highest BCUT2D eigenvalue weighted by molar-refractivity contribution is 5.59. The lowest BCUT2D eigenvalue weighted by Crippen LogP contribution is -2.06. The Morgan fingerprint density at radius 1 is 1.53 bits per heavy atom. The van der Waals surface area contributed by atoms with E-state index in [0.717, 1.165) is 6.42 Å². The lowest BCUT2D eigenvalue weighted by atomic mass is 10.3. The van der Waals surface area contributed by atoms with Gasteiger partial charge in [0.25, 0.3) is 0 Å². The summed E-state index contributed by atoms with van der Waals surface area (Å²) in [6.45, 7) is 4.58. The lowest BCUT2D eigenvalue weighted by Gasteiger charge is -2.03. The molecule has 0 saturated heterocycles. The first kappa shape index (κ1) is 11.5. The highest BCUT2D eigenvalue weighted by Crippen LogP contribution is 2.28. The van der Waals surface area contributed by atoms with Crippen molar-refractivity contribution in [3.05, 3.63) is 15.8 Å². The van der Waals surface area contributed by atoms with Crippen molar-refractivity contribution < 1.29 is 4.92 Å². The van der Waals surface area contributed by atoms with E-state index < -0.39 is 0 Å². The molecule has 0 bridgehead atoms. The standard InChI is InChI=1S/C9H16N4O2/c1-4-6-10-9-8(13(14)15)7(5-2)11-12(9)3/h10H,4-6H2,1-3H3. The van der Waals surface area contributed by atoms with E-state index in [4.69, 9.17) is 0 Å². The van der Waals surface area contributed by atoms with Gasteiger partial charge in [0.1, 0.15) is 5.69 Å². The molecule has 0 spiro atoms. The lowest BCUT2D eigenvalue weighted by molar-refractivity contribution is -0.384. The second kappa shape index (κ2) is 4.77. The maximum atomic E-state index is 10.9. The molecular formula is C9H16N4O2. The average molecular weight is 212 g/mol. The Kier molecular flexibility index (Phi) is 3.65. The van der Waals surface area contributed by atoms with Crippen LogP contribution in [0.4, 0.5) is 11.5 Å². The van der Waals surface area contributed by atoms with Crippen molar-refractivity contribution in [1.29, 1.82) is 0 Å². The SMILES string of the molecule is CCCNc1c([N+](=O)[O-])c(CC)nn1C. The molecule has 0 saturated carbocycles. The second-order valence-corrected chi connectivity index (χ2v) is 3.30. The Balaban J connectivity index is 3.10. The Labute approximate surface area is 88.4 Å². The van der Waals surface area contributed by atoms with Gasteiger partial charge < -0.3 is 5.32 Å². The van der Waals surface area contributed by atoms with Gasteiger partial charge in [-0.1, -0.05) is 13.8 Å². The van der Waals surface area contributed by atoms with Crippen molar-refractivity contribution in [2.75, 3.05) is 11.9 Å². The van der Waals surface area contributed by atoms with Crippen LogP contribution in [0.25, 0.3) is 0 Å². The van der Waals surface area contributed by atoms with Gasteiger partial charge in [-0.25, -0.2) is 4.68 Å². The normalized spacial score (nSPS) is 10.3. The summed E-state index contributed by atoms with van der Waals surface area (Å²) < 4.78 is 1.53. The van der Waals surface area contributed by atoms with Crippen LogP contribution >= 0.6 is 0 Å². The number of nitrogens with zero attached hydrogens (tertiary/aromatic N) is 3. The summed E-state index contributed by atoms with van der Waals surface area (Å²) in [4.78, 5) is 10.5. The summed E-state index contributed by atoms with van der Waals surface area (Å²) >= 11 is 0. The van der Waals surface area contributed by atoms with E-state index in [-0.39, 0.29) is 10.6 Å². The average Bonchev–Trinajstić information content (AvgIpc) is 2.52. The molecule has 6 heteroatoms. The minimum Gasteiger partial charge on any atom is -0.365 e. The summed E-state index contributed by atoms with van der Waals surface area (Å²) in [5.41, 5.74) is 0.634. The number of hydrogen-bond donors (Lipinski definition) is 1. The van der Waals surface area contributed by atoms with Crippen LogP contribution in [-0.2, 0) is 13.5 Å². The molecule has 84 valence electrons. The number of rotatable bonds is 5. The van der Waals surface area contributed by atoms with Crippen LogP contribution < -0.4 is 5.32 Å². The Hall–Kier alpha value is -1.59. The third-order valence-corrected chi connectivity index (χ3v) is 2.15. The van der Waals surface area contributed by atoms with Gasteiger partial charge >= 0.3 is 5.69 Å². The summed E-state index contributed by atoms with van der Waals surface area (Å²) in [6.07, 6.45) is 1.49. The Morgan fingerprint density at radius 3 is 2.67 bits per heavy atom. The van der Waals surface area contributed by atoms with Gasteiger partial charge in [-0.2, -0.15) is 5.10 Å². The molecule has 1 aromatic rings. The van der Waals surface area contributed by atoms with Gasteiger partial charge in [-0.15, -0.1) is 0 Å². The van der Waals surface area contributed by atoms with Crippen molar-refractivity contribution in [1.82, 2.24) is 9.78 Å². The van der Waals surface area contributed by atoms with Crippen molar-refractivity contribution in [2.24, 2.45) is 7.05 Å². The quantitative estimate of drug-likeness (QED) is 0.595. The van der Waals surface area contributed by atoms with Gasteiger partial charge in [0, 0.05) is 13.6 Å². The molecule has 1 heterocycles. The molecule has 1 rings (SSSR count). The Morgan fingerprint density at radius 2 is 2.20 bits per heavy atom. The van der Waals surface area contributed by atoms with Crippen LogP contribution in [0, 0.1) is 10.1 Å². The third kappa shape index (κ3) is 2.26. The minimum absolute atomic E-state index is 0.105. The van der Waals surface area contributed by atoms with Gasteiger partial charge in [0.05, 0.1) is 4.92 Å². The van der Waals surface area contributed by atoms with Crippen LogP contribution in [0.1, 0.15) is 26.0 Å². The number of nitrogens with one attached hydrogen (secondary N) is 1. The molecule has 15 heavy (non-hydrogen) atoms. The van der Waals surface area contributed by atoms with Crippen molar-refractivity contribution in [3.63, 3.8) is 0 Å². The zero-order valence-electron chi connectivity index (χ0n) is 9.28. The number of aryl methyl sites for hydroxylation is 2. The molecule has 0 aliphatic rings. The fraction of sp³-hybridized carbons (Fsp3) is 0.667. The number of hydrogen-bond acceptors (Lipinski definition) is 4. The van der Waals surface area contributed by atoms with E-state index in [1.807, 2.05) is 13.8 Å². The van der Waals surface area contributed by atoms with Crippen LogP contribution in [0.2, 0.25) is 0 Å². The van der Waals surface area contributed by atoms with Crippen LogP contribution in [0.15, 0.2) is 0 Å². The monoisotopic (exact) mass is 212 g/mol. The van der Waals surface area contributed by atoms with Crippen LogP contribution in [0.3, 0.4) is 0 Å². The van der Waals surface area contributed by atoms with E-state index in [0.29, 0.717) is 24.5 Å². The second-order valence-electron chi connectivity index (χ2n) is 3.30. The molecule has 0 aliphatic heterocycles. The van der Waals surface area contributed by atoms with E-state index >= 15 is 0 Å².